The maximum absolute atomic E-state index is 12.2. The molecule has 110 valence electrons. The monoisotopic (exact) mass is 287 g/mol. The van der Waals surface area contributed by atoms with Crippen molar-refractivity contribution in [1.82, 2.24) is 10.6 Å². The third-order valence-corrected chi connectivity index (χ3v) is 3.84. The summed E-state index contributed by atoms with van der Waals surface area (Å²) in [5.74, 6) is -0.484. The Morgan fingerprint density at radius 3 is 2.95 bits per heavy atom. The van der Waals surface area contributed by atoms with Crippen LogP contribution < -0.4 is 16.0 Å². The minimum atomic E-state index is -0.483. The summed E-state index contributed by atoms with van der Waals surface area (Å²) >= 11 is 0. The highest BCUT2D eigenvalue weighted by atomic mass is 16.2. The molecule has 3 rings (SSSR count). The third kappa shape index (κ3) is 2.89. The Labute approximate surface area is 122 Å². The number of rotatable bonds is 2. The maximum atomic E-state index is 12.2. The van der Waals surface area contributed by atoms with Crippen LogP contribution in [0.4, 0.5) is 5.69 Å². The predicted molar refractivity (Wildman–Crippen MR) is 76.9 cm³/mol. The Morgan fingerprint density at radius 2 is 2.10 bits per heavy atom. The molecular formula is C15H17N3O3. The van der Waals surface area contributed by atoms with Gasteiger partial charge in [-0.2, -0.15) is 0 Å². The van der Waals surface area contributed by atoms with Gasteiger partial charge in [-0.3, -0.25) is 14.4 Å². The van der Waals surface area contributed by atoms with Crippen LogP contribution in [0.5, 0.6) is 0 Å². The summed E-state index contributed by atoms with van der Waals surface area (Å²) in [7, 11) is 0. The molecule has 3 amide bonds. The van der Waals surface area contributed by atoms with Crippen LogP contribution >= 0.6 is 0 Å². The quantitative estimate of drug-likeness (QED) is 0.743. The van der Waals surface area contributed by atoms with Gasteiger partial charge < -0.3 is 16.0 Å². The Hall–Kier alpha value is -2.37. The van der Waals surface area contributed by atoms with Crippen LogP contribution in [0.15, 0.2) is 18.2 Å². The van der Waals surface area contributed by atoms with E-state index in [1.165, 1.54) is 0 Å². The third-order valence-electron chi connectivity index (χ3n) is 3.84. The molecule has 21 heavy (non-hydrogen) atoms. The number of carbonyl (C=O) groups excluding carboxylic acids is 3. The number of hydrogen-bond donors (Lipinski definition) is 3. The van der Waals surface area contributed by atoms with Gasteiger partial charge in [-0.1, -0.05) is 6.07 Å². The summed E-state index contributed by atoms with van der Waals surface area (Å²) in [6.45, 7) is 0.663. The lowest BCUT2D eigenvalue weighted by Crippen LogP contribution is -2.45. The average molecular weight is 287 g/mol. The molecule has 1 saturated heterocycles. The second-order valence-electron chi connectivity index (χ2n) is 5.41. The molecule has 2 aliphatic heterocycles. The van der Waals surface area contributed by atoms with E-state index in [9.17, 15) is 14.4 Å². The van der Waals surface area contributed by atoms with E-state index in [2.05, 4.69) is 16.0 Å². The highest BCUT2D eigenvalue weighted by Crippen LogP contribution is 2.24. The van der Waals surface area contributed by atoms with Crippen LogP contribution in [0.1, 0.15) is 35.2 Å². The lowest BCUT2D eigenvalue weighted by Gasteiger charge is -2.15. The summed E-state index contributed by atoms with van der Waals surface area (Å²) in [4.78, 5) is 35.4. The first kappa shape index (κ1) is 13.6. The van der Waals surface area contributed by atoms with E-state index in [1.54, 1.807) is 18.2 Å². The van der Waals surface area contributed by atoms with Gasteiger partial charge in [0.1, 0.15) is 6.04 Å². The van der Waals surface area contributed by atoms with Crippen molar-refractivity contribution in [3.63, 3.8) is 0 Å². The number of benzene rings is 1. The summed E-state index contributed by atoms with van der Waals surface area (Å²) in [6, 6.07) is 4.63. The Kier molecular flexibility index (Phi) is 3.60. The van der Waals surface area contributed by atoms with Crippen molar-refractivity contribution in [2.24, 2.45) is 0 Å². The molecule has 2 aliphatic rings. The fourth-order valence-electron chi connectivity index (χ4n) is 2.67. The van der Waals surface area contributed by atoms with Crippen LogP contribution in [0.25, 0.3) is 0 Å². The van der Waals surface area contributed by atoms with E-state index < -0.39 is 6.04 Å². The molecule has 0 spiro atoms. The Morgan fingerprint density at radius 1 is 1.24 bits per heavy atom. The van der Waals surface area contributed by atoms with Crippen molar-refractivity contribution < 1.29 is 14.4 Å². The number of hydrogen-bond acceptors (Lipinski definition) is 3. The van der Waals surface area contributed by atoms with Crippen molar-refractivity contribution in [3.05, 3.63) is 29.3 Å². The van der Waals surface area contributed by atoms with Crippen LogP contribution in [0.3, 0.4) is 0 Å². The van der Waals surface area contributed by atoms with Gasteiger partial charge in [-0.25, -0.2) is 0 Å². The Bertz CT molecular complexity index is 612. The van der Waals surface area contributed by atoms with Crippen LogP contribution in [0, 0.1) is 0 Å². The second kappa shape index (κ2) is 5.55. The Balaban J connectivity index is 1.72. The first-order chi connectivity index (χ1) is 10.1. The molecule has 3 N–H and O–H groups in total. The van der Waals surface area contributed by atoms with Crippen molar-refractivity contribution in [2.75, 3.05) is 11.9 Å². The van der Waals surface area contributed by atoms with Gasteiger partial charge in [0.25, 0.3) is 5.91 Å². The highest BCUT2D eigenvalue weighted by molar-refractivity contribution is 6.03. The van der Waals surface area contributed by atoms with Gasteiger partial charge in [0.2, 0.25) is 11.8 Å². The summed E-state index contributed by atoms with van der Waals surface area (Å²) in [5, 5.41) is 8.27. The number of fused-ring (bicyclic) bond motifs is 1. The molecule has 0 bridgehead atoms. The summed E-state index contributed by atoms with van der Waals surface area (Å²) < 4.78 is 0. The minimum absolute atomic E-state index is 0.0642. The van der Waals surface area contributed by atoms with Crippen LogP contribution in [-0.2, 0) is 16.0 Å². The summed E-state index contributed by atoms with van der Waals surface area (Å²) in [5.41, 5.74) is 2.02. The normalized spacial score (nSPS) is 21.0. The fraction of sp³-hybridized carbons (Fsp3) is 0.400. The molecule has 0 saturated carbocycles. The molecule has 0 radical (unpaired) electrons. The predicted octanol–water partition coefficient (Wildman–Crippen LogP) is 0.580. The van der Waals surface area contributed by atoms with E-state index in [4.69, 9.17) is 0 Å². The summed E-state index contributed by atoms with van der Waals surface area (Å²) in [6.07, 6.45) is 2.84. The molecule has 1 fully saturated rings. The number of anilines is 1. The molecule has 6 nitrogen and oxygen atoms in total. The van der Waals surface area contributed by atoms with E-state index in [0.717, 1.165) is 18.4 Å². The zero-order chi connectivity index (χ0) is 14.8. The molecule has 0 aromatic heterocycles. The minimum Gasteiger partial charge on any atom is -0.354 e. The lowest BCUT2D eigenvalue weighted by atomic mass is 10.1. The molecular weight excluding hydrogens is 270 g/mol. The molecule has 0 aliphatic carbocycles. The zero-order valence-corrected chi connectivity index (χ0v) is 11.6. The fourth-order valence-corrected chi connectivity index (χ4v) is 2.67. The van der Waals surface area contributed by atoms with E-state index in [-0.39, 0.29) is 17.7 Å². The van der Waals surface area contributed by atoms with Crippen molar-refractivity contribution in [3.8, 4) is 0 Å². The van der Waals surface area contributed by atoms with Gasteiger partial charge in [0.15, 0.2) is 0 Å². The van der Waals surface area contributed by atoms with Crippen molar-refractivity contribution in [1.29, 1.82) is 0 Å². The van der Waals surface area contributed by atoms with Crippen LogP contribution in [0.2, 0.25) is 0 Å². The maximum Gasteiger partial charge on any atom is 0.252 e. The SMILES string of the molecule is O=C1Cc2ccc(C(=O)NC3CCCCNC3=O)cc2N1. The topological polar surface area (TPSA) is 87.3 Å². The standard InChI is InChI=1S/C15H17N3O3/c19-13-8-9-4-5-10(7-12(9)17-13)14(20)18-11-3-1-2-6-16-15(11)21/h4-5,7,11H,1-3,6,8H2,(H,16,21)(H,17,19)(H,18,20). The molecule has 1 unspecified atom stereocenters. The molecule has 1 aromatic carbocycles. The van der Waals surface area contributed by atoms with Crippen molar-refractivity contribution in [2.45, 2.75) is 31.7 Å². The van der Waals surface area contributed by atoms with E-state index in [0.29, 0.717) is 30.6 Å². The van der Waals surface area contributed by atoms with Gasteiger partial charge in [0.05, 0.1) is 6.42 Å². The first-order valence-corrected chi connectivity index (χ1v) is 7.15. The molecule has 2 heterocycles. The molecule has 1 aromatic rings. The van der Waals surface area contributed by atoms with E-state index >= 15 is 0 Å². The second-order valence-corrected chi connectivity index (χ2v) is 5.41. The van der Waals surface area contributed by atoms with Gasteiger partial charge in [-0.05, 0) is 37.0 Å². The van der Waals surface area contributed by atoms with Crippen molar-refractivity contribution >= 4 is 23.4 Å². The molecule has 1 atom stereocenters. The van der Waals surface area contributed by atoms with Gasteiger partial charge >= 0.3 is 0 Å². The average Bonchev–Trinajstić information content (AvgIpc) is 2.72. The molecule has 6 heteroatoms. The smallest absolute Gasteiger partial charge is 0.252 e. The number of nitrogens with one attached hydrogen (secondary N) is 3. The first-order valence-electron chi connectivity index (χ1n) is 7.15. The highest BCUT2D eigenvalue weighted by Gasteiger charge is 2.24. The zero-order valence-electron chi connectivity index (χ0n) is 11.6. The van der Waals surface area contributed by atoms with Crippen LogP contribution in [-0.4, -0.2) is 30.3 Å². The number of carbonyl (C=O) groups is 3. The van der Waals surface area contributed by atoms with Gasteiger partial charge in [-0.15, -0.1) is 0 Å². The van der Waals surface area contributed by atoms with E-state index in [1.807, 2.05) is 0 Å². The largest absolute Gasteiger partial charge is 0.354 e. The number of amides is 3. The lowest BCUT2D eigenvalue weighted by molar-refractivity contribution is -0.122. The van der Waals surface area contributed by atoms with Gasteiger partial charge in [0, 0.05) is 17.8 Å².